The SMILES string of the molecule is COc1cc(OC)c2nc(C)c3c(c2c1)N(c1ccc(OC)nc1)CC3. The van der Waals surface area contributed by atoms with Gasteiger partial charge in [-0.15, -0.1) is 0 Å². The summed E-state index contributed by atoms with van der Waals surface area (Å²) in [6, 6.07) is 7.80. The molecule has 6 heteroatoms. The second kappa shape index (κ2) is 6.37. The molecule has 0 saturated heterocycles. The average Bonchev–Trinajstić information content (AvgIpc) is 3.13. The fraction of sp³-hybridized carbons (Fsp3) is 0.300. The fourth-order valence-corrected chi connectivity index (χ4v) is 3.58. The van der Waals surface area contributed by atoms with Crippen molar-refractivity contribution in [2.24, 2.45) is 0 Å². The number of ether oxygens (including phenoxy) is 3. The van der Waals surface area contributed by atoms with E-state index in [1.54, 1.807) is 21.3 Å². The smallest absolute Gasteiger partial charge is 0.213 e. The maximum atomic E-state index is 5.57. The minimum Gasteiger partial charge on any atom is -0.497 e. The number of rotatable bonds is 4. The number of pyridine rings is 2. The maximum Gasteiger partial charge on any atom is 0.213 e. The van der Waals surface area contributed by atoms with Crippen LogP contribution in [-0.2, 0) is 6.42 Å². The van der Waals surface area contributed by atoms with Crippen molar-refractivity contribution in [3.8, 4) is 17.4 Å². The molecule has 0 N–H and O–H groups in total. The van der Waals surface area contributed by atoms with Gasteiger partial charge in [0.05, 0.1) is 38.9 Å². The molecule has 0 amide bonds. The third-order valence-electron chi connectivity index (χ3n) is 4.86. The van der Waals surface area contributed by atoms with Gasteiger partial charge in [0.2, 0.25) is 5.88 Å². The Morgan fingerprint density at radius 2 is 1.88 bits per heavy atom. The summed E-state index contributed by atoms with van der Waals surface area (Å²) in [6.07, 6.45) is 2.78. The molecule has 26 heavy (non-hydrogen) atoms. The molecule has 0 saturated carbocycles. The van der Waals surface area contributed by atoms with E-state index in [0.717, 1.165) is 46.7 Å². The zero-order valence-electron chi connectivity index (χ0n) is 15.4. The quantitative estimate of drug-likeness (QED) is 0.715. The van der Waals surface area contributed by atoms with E-state index in [-0.39, 0.29) is 0 Å². The van der Waals surface area contributed by atoms with Crippen LogP contribution in [0.15, 0.2) is 30.5 Å². The number of fused-ring (bicyclic) bond motifs is 3. The monoisotopic (exact) mass is 351 g/mol. The van der Waals surface area contributed by atoms with Gasteiger partial charge in [-0.05, 0) is 31.0 Å². The first kappa shape index (κ1) is 16.4. The Bertz CT molecular complexity index is 970. The Balaban J connectivity index is 1.95. The van der Waals surface area contributed by atoms with Crippen LogP contribution in [0.5, 0.6) is 17.4 Å². The molecular formula is C20H21N3O3. The summed E-state index contributed by atoms with van der Waals surface area (Å²) >= 11 is 0. The van der Waals surface area contributed by atoms with Crippen molar-refractivity contribution in [1.82, 2.24) is 9.97 Å². The highest BCUT2D eigenvalue weighted by molar-refractivity contribution is 6.00. The summed E-state index contributed by atoms with van der Waals surface area (Å²) in [5.41, 5.74) is 5.30. The van der Waals surface area contributed by atoms with Crippen LogP contribution in [0.1, 0.15) is 11.3 Å². The first-order valence-corrected chi connectivity index (χ1v) is 8.49. The molecule has 1 aromatic carbocycles. The predicted molar refractivity (Wildman–Crippen MR) is 101 cm³/mol. The number of hydrogen-bond acceptors (Lipinski definition) is 6. The predicted octanol–water partition coefficient (Wildman–Crippen LogP) is 3.66. The number of benzene rings is 1. The molecule has 0 radical (unpaired) electrons. The summed E-state index contributed by atoms with van der Waals surface area (Å²) in [5, 5.41) is 1.02. The van der Waals surface area contributed by atoms with E-state index in [2.05, 4.69) is 16.8 Å². The highest BCUT2D eigenvalue weighted by atomic mass is 16.5. The minimum atomic E-state index is 0.604. The van der Waals surface area contributed by atoms with Crippen LogP contribution in [0.25, 0.3) is 10.9 Å². The molecule has 0 bridgehead atoms. The van der Waals surface area contributed by atoms with Crippen molar-refractivity contribution in [2.75, 3.05) is 32.8 Å². The first-order valence-electron chi connectivity index (χ1n) is 8.49. The lowest BCUT2D eigenvalue weighted by atomic mass is 10.1. The zero-order valence-corrected chi connectivity index (χ0v) is 15.4. The molecule has 1 aliphatic rings. The Morgan fingerprint density at radius 3 is 2.54 bits per heavy atom. The van der Waals surface area contributed by atoms with Crippen molar-refractivity contribution in [3.63, 3.8) is 0 Å². The van der Waals surface area contributed by atoms with Gasteiger partial charge in [-0.2, -0.15) is 0 Å². The van der Waals surface area contributed by atoms with Crippen LogP contribution in [0.2, 0.25) is 0 Å². The summed E-state index contributed by atoms with van der Waals surface area (Å²) in [5.74, 6) is 2.07. The van der Waals surface area contributed by atoms with Crippen molar-refractivity contribution in [1.29, 1.82) is 0 Å². The summed E-state index contributed by atoms with van der Waals surface area (Å²) < 4.78 is 16.2. The Morgan fingerprint density at radius 1 is 1.04 bits per heavy atom. The lowest BCUT2D eigenvalue weighted by Gasteiger charge is -2.22. The van der Waals surface area contributed by atoms with Crippen molar-refractivity contribution < 1.29 is 14.2 Å². The van der Waals surface area contributed by atoms with Crippen LogP contribution < -0.4 is 19.1 Å². The van der Waals surface area contributed by atoms with Gasteiger partial charge < -0.3 is 19.1 Å². The van der Waals surface area contributed by atoms with E-state index in [1.165, 1.54) is 5.56 Å². The lowest BCUT2D eigenvalue weighted by molar-refractivity contribution is 0.397. The van der Waals surface area contributed by atoms with Crippen LogP contribution in [0.4, 0.5) is 11.4 Å². The molecule has 2 aromatic heterocycles. The van der Waals surface area contributed by atoms with Gasteiger partial charge >= 0.3 is 0 Å². The number of anilines is 2. The molecule has 134 valence electrons. The molecule has 0 unspecified atom stereocenters. The normalized spacial score (nSPS) is 13.0. The molecule has 0 fully saturated rings. The molecule has 4 rings (SSSR count). The molecule has 0 spiro atoms. The number of hydrogen-bond donors (Lipinski definition) is 0. The van der Waals surface area contributed by atoms with Crippen molar-refractivity contribution >= 4 is 22.3 Å². The highest BCUT2D eigenvalue weighted by Crippen LogP contribution is 2.44. The number of nitrogens with zero attached hydrogens (tertiary/aromatic N) is 3. The molecule has 3 heterocycles. The fourth-order valence-electron chi connectivity index (χ4n) is 3.58. The highest BCUT2D eigenvalue weighted by Gasteiger charge is 2.27. The zero-order chi connectivity index (χ0) is 18.3. The van der Waals surface area contributed by atoms with E-state index in [9.17, 15) is 0 Å². The summed E-state index contributed by atoms with van der Waals surface area (Å²) in [4.78, 5) is 11.4. The third-order valence-corrected chi connectivity index (χ3v) is 4.86. The van der Waals surface area contributed by atoms with E-state index >= 15 is 0 Å². The van der Waals surface area contributed by atoms with Crippen LogP contribution in [0.3, 0.4) is 0 Å². The number of methoxy groups -OCH3 is 3. The maximum absolute atomic E-state index is 5.57. The van der Waals surface area contributed by atoms with Gasteiger partial charge in [0.1, 0.15) is 17.0 Å². The van der Waals surface area contributed by atoms with Gasteiger partial charge in [-0.3, -0.25) is 0 Å². The van der Waals surface area contributed by atoms with E-state index in [4.69, 9.17) is 19.2 Å². The summed E-state index contributed by atoms with van der Waals surface area (Å²) in [7, 11) is 4.94. The molecular weight excluding hydrogens is 330 g/mol. The standard InChI is InChI=1S/C20H21N3O3/c1-12-15-7-8-23(13-5-6-18(26-4)21-11-13)20(15)16-9-14(24-2)10-17(25-3)19(16)22-12/h5-6,9-11H,7-8H2,1-4H3. The summed E-state index contributed by atoms with van der Waals surface area (Å²) in [6.45, 7) is 2.93. The number of aryl methyl sites for hydroxylation is 1. The van der Waals surface area contributed by atoms with Crippen LogP contribution >= 0.6 is 0 Å². The van der Waals surface area contributed by atoms with Crippen molar-refractivity contribution in [3.05, 3.63) is 41.7 Å². The molecule has 0 aliphatic carbocycles. The van der Waals surface area contributed by atoms with Crippen LogP contribution in [0, 0.1) is 6.92 Å². The first-order chi connectivity index (χ1) is 12.7. The number of aromatic nitrogens is 2. The molecule has 3 aromatic rings. The van der Waals surface area contributed by atoms with Gasteiger partial charge in [0.15, 0.2) is 0 Å². The third kappa shape index (κ3) is 2.49. The average molecular weight is 351 g/mol. The molecule has 6 nitrogen and oxygen atoms in total. The van der Waals surface area contributed by atoms with Gasteiger partial charge in [0.25, 0.3) is 0 Å². The lowest BCUT2D eigenvalue weighted by Crippen LogP contribution is -2.14. The van der Waals surface area contributed by atoms with E-state index in [0.29, 0.717) is 11.6 Å². The second-order valence-electron chi connectivity index (χ2n) is 6.21. The molecule has 1 aliphatic heterocycles. The Labute approximate surface area is 152 Å². The topological polar surface area (TPSA) is 56.7 Å². The van der Waals surface area contributed by atoms with Gasteiger partial charge in [0, 0.05) is 29.8 Å². The van der Waals surface area contributed by atoms with Crippen molar-refractivity contribution in [2.45, 2.75) is 13.3 Å². The van der Waals surface area contributed by atoms with Crippen LogP contribution in [-0.4, -0.2) is 37.8 Å². The largest absolute Gasteiger partial charge is 0.497 e. The van der Waals surface area contributed by atoms with E-state index < -0.39 is 0 Å². The Hall–Kier alpha value is -3.02. The van der Waals surface area contributed by atoms with Gasteiger partial charge in [-0.1, -0.05) is 0 Å². The van der Waals surface area contributed by atoms with E-state index in [1.807, 2.05) is 30.5 Å². The molecule has 0 atom stereocenters. The Kier molecular flexibility index (Phi) is 4.03. The minimum absolute atomic E-state index is 0.604. The second-order valence-corrected chi connectivity index (χ2v) is 6.21. The van der Waals surface area contributed by atoms with Gasteiger partial charge in [-0.25, -0.2) is 9.97 Å².